The first-order chi connectivity index (χ1) is 7.81. The van der Waals surface area contributed by atoms with E-state index in [1.165, 1.54) is 17.7 Å². The average molecular weight is 241 g/mol. The molecule has 98 valence electrons. The van der Waals surface area contributed by atoms with Gasteiger partial charge in [-0.25, -0.2) is 4.79 Å². The normalized spacial score (nSPS) is 27.8. The van der Waals surface area contributed by atoms with Crippen LogP contribution < -0.4 is 0 Å². The van der Waals surface area contributed by atoms with E-state index in [1.54, 1.807) is 0 Å². The molecule has 0 bridgehead atoms. The lowest BCUT2D eigenvalue weighted by atomic mass is 9.85. The lowest BCUT2D eigenvalue weighted by Gasteiger charge is -2.27. The van der Waals surface area contributed by atoms with Crippen molar-refractivity contribution in [2.75, 3.05) is 6.54 Å². The number of carbonyl (C=O) groups excluding carboxylic acids is 1. The molecule has 2 rings (SSSR count). The Labute approximate surface area is 103 Å². The van der Waals surface area contributed by atoms with E-state index in [0.717, 1.165) is 12.8 Å². The van der Waals surface area contributed by atoms with Crippen LogP contribution in [-0.4, -0.2) is 34.5 Å². The molecule has 1 aliphatic carbocycles. The summed E-state index contributed by atoms with van der Waals surface area (Å²) in [5.41, 5.74) is -0.335. The third kappa shape index (κ3) is 2.73. The van der Waals surface area contributed by atoms with Crippen LogP contribution in [0.4, 0.5) is 4.79 Å². The highest BCUT2D eigenvalue weighted by Crippen LogP contribution is 2.47. The molecule has 4 nitrogen and oxygen atoms in total. The summed E-state index contributed by atoms with van der Waals surface area (Å²) in [6.07, 6.45) is 4.36. The molecular formula is C13H23NO3. The Balaban J connectivity index is 2.00. The predicted octanol–water partition coefficient (Wildman–Crippen LogP) is 2.51. The average Bonchev–Trinajstić information content (AvgIpc) is 2.72. The molecule has 0 aromatic heterocycles. The predicted molar refractivity (Wildman–Crippen MR) is 64.5 cm³/mol. The molecule has 1 aliphatic heterocycles. The van der Waals surface area contributed by atoms with Gasteiger partial charge in [-0.3, -0.25) is 4.90 Å². The largest absolute Gasteiger partial charge is 0.444 e. The number of aliphatic hydroxyl groups excluding tert-OH is 1. The fourth-order valence-electron chi connectivity index (χ4n) is 3.02. The quantitative estimate of drug-likeness (QED) is 0.709. The highest BCUT2D eigenvalue weighted by Gasteiger charge is 2.47. The monoisotopic (exact) mass is 241 g/mol. The van der Waals surface area contributed by atoms with Gasteiger partial charge < -0.3 is 9.84 Å². The van der Waals surface area contributed by atoms with Gasteiger partial charge in [0.1, 0.15) is 11.8 Å². The van der Waals surface area contributed by atoms with E-state index in [4.69, 9.17) is 4.74 Å². The minimum Gasteiger partial charge on any atom is -0.444 e. The van der Waals surface area contributed by atoms with Crippen LogP contribution in [0.5, 0.6) is 0 Å². The Bertz CT molecular complexity index is 302. The lowest BCUT2D eigenvalue weighted by Crippen LogP contribution is -2.40. The van der Waals surface area contributed by atoms with E-state index in [-0.39, 0.29) is 11.5 Å². The van der Waals surface area contributed by atoms with Crippen LogP contribution in [0.1, 0.15) is 52.9 Å². The minimum absolute atomic E-state index is 0.163. The highest BCUT2D eigenvalue weighted by atomic mass is 16.6. The van der Waals surface area contributed by atoms with Crippen molar-refractivity contribution < 1.29 is 14.6 Å². The first-order valence-corrected chi connectivity index (χ1v) is 6.49. The molecule has 1 saturated heterocycles. The van der Waals surface area contributed by atoms with Crippen molar-refractivity contribution in [1.82, 2.24) is 4.90 Å². The summed E-state index contributed by atoms with van der Waals surface area (Å²) in [6, 6.07) is 0. The van der Waals surface area contributed by atoms with Crippen LogP contribution in [0.2, 0.25) is 0 Å². The van der Waals surface area contributed by atoms with Crippen molar-refractivity contribution in [2.45, 2.75) is 64.7 Å². The summed E-state index contributed by atoms with van der Waals surface area (Å²) in [4.78, 5) is 13.5. The van der Waals surface area contributed by atoms with Gasteiger partial charge in [-0.15, -0.1) is 0 Å². The number of hydrogen-bond donors (Lipinski definition) is 1. The fraction of sp³-hybridized carbons (Fsp3) is 0.923. The van der Waals surface area contributed by atoms with Crippen LogP contribution in [0.25, 0.3) is 0 Å². The van der Waals surface area contributed by atoms with Gasteiger partial charge in [0.05, 0.1) is 0 Å². The van der Waals surface area contributed by atoms with Crippen molar-refractivity contribution in [3.05, 3.63) is 0 Å². The number of rotatable bonds is 0. The molecule has 0 aromatic carbocycles. The Morgan fingerprint density at radius 3 is 2.47 bits per heavy atom. The smallest absolute Gasteiger partial charge is 0.412 e. The zero-order valence-corrected chi connectivity index (χ0v) is 11.0. The zero-order chi connectivity index (χ0) is 12.7. The molecule has 4 heteroatoms. The number of likely N-dealkylation sites (tertiary alicyclic amines) is 1. The zero-order valence-electron chi connectivity index (χ0n) is 11.0. The minimum atomic E-state index is -0.664. The fourth-order valence-corrected chi connectivity index (χ4v) is 3.02. The summed E-state index contributed by atoms with van der Waals surface area (Å²) in [5, 5.41) is 10.0. The van der Waals surface area contributed by atoms with Gasteiger partial charge in [0.2, 0.25) is 0 Å². The van der Waals surface area contributed by atoms with Gasteiger partial charge in [-0.1, -0.05) is 12.8 Å². The molecule has 0 aromatic rings. The molecule has 1 amide bonds. The van der Waals surface area contributed by atoms with Crippen molar-refractivity contribution in [3.8, 4) is 0 Å². The molecule has 1 unspecified atom stereocenters. The molecular weight excluding hydrogens is 218 g/mol. The Morgan fingerprint density at radius 2 is 1.94 bits per heavy atom. The topological polar surface area (TPSA) is 49.8 Å². The maximum Gasteiger partial charge on any atom is 0.412 e. The number of nitrogens with zero attached hydrogens (tertiary/aromatic N) is 1. The third-order valence-electron chi connectivity index (χ3n) is 3.77. The van der Waals surface area contributed by atoms with Gasteiger partial charge in [0.25, 0.3) is 0 Å². The Morgan fingerprint density at radius 1 is 1.35 bits per heavy atom. The van der Waals surface area contributed by atoms with E-state index in [0.29, 0.717) is 13.0 Å². The molecule has 2 aliphatic rings. The number of hydrogen-bond acceptors (Lipinski definition) is 3. The Hall–Kier alpha value is -0.770. The standard InChI is InChI=1S/C13H23NO3/c1-12(2,3)17-11(16)14-9-13(8-10(14)15)6-4-5-7-13/h10,15H,4-9H2,1-3H3. The molecule has 1 spiro atoms. The van der Waals surface area contributed by atoms with E-state index >= 15 is 0 Å². The second-order valence-corrected chi connectivity index (χ2v) is 6.50. The first-order valence-electron chi connectivity index (χ1n) is 6.49. The number of amides is 1. The van der Waals surface area contributed by atoms with Crippen molar-refractivity contribution in [1.29, 1.82) is 0 Å². The SMILES string of the molecule is CC(C)(C)OC(=O)N1CC2(CCCC2)CC1O. The maximum atomic E-state index is 12.0. The summed E-state index contributed by atoms with van der Waals surface area (Å²) in [6.45, 7) is 6.19. The van der Waals surface area contributed by atoms with E-state index in [9.17, 15) is 9.90 Å². The van der Waals surface area contributed by atoms with Gasteiger partial charge in [-0.2, -0.15) is 0 Å². The molecule has 1 saturated carbocycles. The third-order valence-corrected chi connectivity index (χ3v) is 3.77. The van der Waals surface area contributed by atoms with Crippen molar-refractivity contribution in [3.63, 3.8) is 0 Å². The Kier molecular flexibility index (Phi) is 3.10. The first kappa shape index (κ1) is 12.7. The van der Waals surface area contributed by atoms with E-state index in [2.05, 4.69) is 0 Å². The van der Waals surface area contributed by atoms with Crippen LogP contribution in [-0.2, 0) is 4.74 Å². The van der Waals surface area contributed by atoms with Gasteiger partial charge in [0, 0.05) is 6.54 Å². The van der Waals surface area contributed by atoms with Gasteiger partial charge in [-0.05, 0) is 45.4 Å². The number of aliphatic hydroxyl groups is 1. The summed E-state index contributed by atoms with van der Waals surface area (Å²) in [7, 11) is 0. The molecule has 2 fully saturated rings. The molecule has 1 N–H and O–H groups in total. The summed E-state index contributed by atoms with van der Waals surface area (Å²) >= 11 is 0. The van der Waals surface area contributed by atoms with Crippen molar-refractivity contribution >= 4 is 6.09 Å². The second kappa shape index (κ2) is 4.16. The van der Waals surface area contributed by atoms with E-state index < -0.39 is 11.8 Å². The maximum absolute atomic E-state index is 12.0. The molecule has 1 atom stereocenters. The van der Waals surface area contributed by atoms with Crippen LogP contribution >= 0.6 is 0 Å². The summed E-state index contributed by atoms with van der Waals surface area (Å²) < 4.78 is 5.32. The van der Waals surface area contributed by atoms with Crippen LogP contribution in [0, 0.1) is 5.41 Å². The van der Waals surface area contributed by atoms with Gasteiger partial charge >= 0.3 is 6.09 Å². The second-order valence-electron chi connectivity index (χ2n) is 6.50. The van der Waals surface area contributed by atoms with Gasteiger partial charge in [0.15, 0.2) is 0 Å². The van der Waals surface area contributed by atoms with Crippen LogP contribution in [0.15, 0.2) is 0 Å². The highest BCUT2D eigenvalue weighted by molar-refractivity contribution is 5.68. The molecule has 1 heterocycles. The number of carbonyl (C=O) groups is 1. The lowest BCUT2D eigenvalue weighted by molar-refractivity contribution is -0.0129. The number of ether oxygens (including phenoxy) is 1. The summed E-state index contributed by atoms with van der Waals surface area (Å²) in [5.74, 6) is 0. The van der Waals surface area contributed by atoms with Crippen molar-refractivity contribution in [2.24, 2.45) is 5.41 Å². The molecule has 0 radical (unpaired) electrons. The van der Waals surface area contributed by atoms with E-state index in [1.807, 2.05) is 20.8 Å². The van der Waals surface area contributed by atoms with Crippen LogP contribution in [0.3, 0.4) is 0 Å². The molecule has 17 heavy (non-hydrogen) atoms.